The highest BCUT2D eigenvalue weighted by Gasteiger charge is 2.40. The topological polar surface area (TPSA) is 94.6 Å². The lowest BCUT2D eigenvalue weighted by molar-refractivity contribution is -0.310. The third kappa shape index (κ3) is 2.49. The van der Waals surface area contributed by atoms with Gasteiger partial charge in [-0.3, -0.25) is 18.7 Å². The highest BCUT2D eigenvalue weighted by Crippen LogP contribution is 2.25. The van der Waals surface area contributed by atoms with Crippen LogP contribution in [0, 0.1) is 0 Å². The lowest BCUT2D eigenvalue weighted by atomic mass is 10.1. The second-order valence-corrected chi connectivity index (χ2v) is 5.98. The van der Waals surface area contributed by atoms with E-state index in [9.17, 15) is 23.7 Å². The molecule has 0 spiro atoms. The number of benzene rings is 1. The smallest absolute Gasteiger partial charge is 0.262 e. The average Bonchev–Trinajstić information content (AvgIpc) is 2.64. The third-order valence-electron chi connectivity index (χ3n) is 3.09. The normalized spacial score (nSPS) is 16.9. The molecule has 0 unspecified atom stereocenters. The van der Waals surface area contributed by atoms with Crippen molar-refractivity contribution in [2.24, 2.45) is 0 Å². The Morgan fingerprint density at radius 3 is 2.15 bits per heavy atom. The molecule has 7 heteroatoms. The Morgan fingerprint density at radius 1 is 1.25 bits per heavy atom. The summed E-state index contributed by atoms with van der Waals surface area (Å²) >= 11 is 0. The van der Waals surface area contributed by atoms with E-state index >= 15 is 0 Å². The summed E-state index contributed by atoms with van der Waals surface area (Å²) in [5, 5.41) is 11.2. The number of nitrogens with zero attached hydrogens (tertiary/aromatic N) is 1. The summed E-state index contributed by atoms with van der Waals surface area (Å²) in [6.45, 7) is 0. The van der Waals surface area contributed by atoms with Gasteiger partial charge in [-0.1, -0.05) is 12.1 Å². The van der Waals surface area contributed by atoms with Gasteiger partial charge in [-0.05, 0) is 18.6 Å². The summed E-state index contributed by atoms with van der Waals surface area (Å²) in [5.41, 5.74) is 0.364. The van der Waals surface area contributed by atoms with Gasteiger partial charge in [0.05, 0.1) is 23.1 Å². The van der Waals surface area contributed by atoms with Crippen LogP contribution in [-0.2, 0) is 15.6 Å². The molecule has 0 aromatic heterocycles. The fraction of sp³-hybridized carbons (Fsp3) is 0.308. The average molecular weight is 294 g/mol. The zero-order valence-electron chi connectivity index (χ0n) is 10.7. The van der Waals surface area contributed by atoms with Gasteiger partial charge in [0.2, 0.25) is 0 Å². The van der Waals surface area contributed by atoms with Crippen molar-refractivity contribution in [1.82, 2.24) is 4.90 Å². The number of amides is 2. The molecular formula is C13H12NO5S-. The van der Waals surface area contributed by atoms with E-state index < -0.39 is 34.6 Å². The standard InChI is InChI=1S/C13H13NO5S/c1-20(19)7-6-10(13(17)18)14-11(15)8-4-2-3-5-9(8)12(14)16/h2-5,10H,6-7H2,1H3,(H,17,18)/p-1/t10-,20-/m1/s1. The minimum absolute atomic E-state index is 0.0754. The second kappa shape index (κ2) is 5.54. The molecule has 0 saturated carbocycles. The maximum absolute atomic E-state index is 12.1. The monoisotopic (exact) mass is 294 g/mol. The number of hydrogen-bond acceptors (Lipinski definition) is 5. The first-order valence-corrected chi connectivity index (χ1v) is 7.64. The van der Waals surface area contributed by atoms with Crippen molar-refractivity contribution in [2.45, 2.75) is 12.5 Å². The van der Waals surface area contributed by atoms with Crippen molar-refractivity contribution < 1.29 is 23.7 Å². The number of imide groups is 1. The summed E-state index contributed by atoms with van der Waals surface area (Å²) in [7, 11) is -1.22. The molecule has 2 rings (SSSR count). The van der Waals surface area contributed by atoms with Gasteiger partial charge in [0.15, 0.2) is 0 Å². The number of carboxylic acid groups (broad SMARTS) is 1. The van der Waals surface area contributed by atoms with Crippen molar-refractivity contribution in [3.8, 4) is 0 Å². The van der Waals surface area contributed by atoms with E-state index in [1.165, 1.54) is 18.4 Å². The van der Waals surface area contributed by atoms with Gasteiger partial charge in [0.25, 0.3) is 11.8 Å². The Hall–Kier alpha value is -2.02. The lowest BCUT2D eigenvalue weighted by Gasteiger charge is -2.26. The van der Waals surface area contributed by atoms with E-state index in [-0.39, 0.29) is 23.3 Å². The SMILES string of the molecule is C[S@@](=O)CC[C@H](C(=O)[O-])N1C(=O)c2ccccc2C1=O. The summed E-state index contributed by atoms with van der Waals surface area (Å²) in [5.74, 6) is -2.75. The summed E-state index contributed by atoms with van der Waals surface area (Å²) < 4.78 is 11.1. The van der Waals surface area contributed by atoms with Crippen LogP contribution in [0.3, 0.4) is 0 Å². The molecule has 1 aromatic carbocycles. The van der Waals surface area contributed by atoms with Gasteiger partial charge >= 0.3 is 0 Å². The van der Waals surface area contributed by atoms with E-state index in [1.807, 2.05) is 0 Å². The summed E-state index contributed by atoms with van der Waals surface area (Å²) in [4.78, 5) is 36.1. The number of hydrogen-bond donors (Lipinski definition) is 0. The second-order valence-electron chi connectivity index (χ2n) is 4.43. The van der Waals surface area contributed by atoms with Gasteiger partial charge in [-0.15, -0.1) is 0 Å². The van der Waals surface area contributed by atoms with Crippen LogP contribution in [0.5, 0.6) is 0 Å². The quantitative estimate of drug-likeness (QED) is 0.661. The van der Waals surface area contributed by atoms with Crippen molar-refractivity contribution in [2.75, 3.05) is 12.0 Å². The van der Waals surface area contributed by atoms with Gasteiger partial charge < -0.3 is 9.90 Å². The first-order valence-electron chi connectivity index (χ1n) is 5.91. The molecule has 2 atom stereocenters. The molecule has 1 aliphatic heterocycles. The van der Waals surface area contributed by atoms with Crippen LogP contribution in [-0.4, -0.2) is 44.9 Å². The van der Waals surface area contributed by atoms with E-state index in [1.54, 1.807) is 12.1 Å². The number of rotatable bonds is 5. The Morgan fingerprint density at radius 2 is 1.75 bits per heavy atom. The molecule has 1 aliphatic rings. The van der Waals surface area contributed by atoms with Crippen LogP contribution in [0.25, 0.3) is 0 Å². The number of aliphatic carboxylic acids is 1. The number of carbonyl (C=O) groups is 3. The number of fused-ring (bicyclic) bond motifs is 1. The molecule has 0 fully saturated rings. The lowest BCUT2D eigenvalue weighted by Crippen LogP contribution is -2.51. The van der Waals surface area contributed by atoms with Gasteiger partial charge in [0, 0.05) is 22.8 Å². The summed E-state index contributed by atoms with van der Waals surface area (Å²) in [6, 6.07) is 4.75. The Kier molecular flexibility index (Phi) is 3.99. The number of carboxylic acids is 1. The van der Waals surface area contributed by atoms with E-state index in [0.29, 0.717) is 4.90 Å². The van der Waals surface area contributed by atoms with Gasteiger partial charge in [-0.2, -0.15) is 0 Å². The van der Waals surface area contributed by atoms with Crippen LogP contribution >= 0.6 is 0 Å². The molecule has 1 aromatic rings. The molecule has 2 amide bonds. The van der Waals surface area contributed by atoms with Crippen LogP contribution in [0.2, 0.25) is 0 Å². The number of carbonyl (C=O) groups excluding carboxylic acids is 3. The molecule has 0 N–H and O–H groups in total. The van der Waals surface area contributed by atoms with E-state index in [4.69, 9.17) is 0 Å². The minimum Gasteiger partial charge on any atom is -0.548 e. The van der Waals surface area contributed by atoms with Crippen LogP contribution in [0.4, 0.5) is 0 Å². The highest BCUT2D eigenvalue weighted by atomic mass is 32.2. The zero-order chi connectivity index (χ0) is 14.9. The Bertz CT molecular complexity index is 578. The minimum atomic E-state index is -1.52. The van der Waals surface area contributed by atoms with Crippen molar-refractivity contribution in [3.63, 3.8) is 0 Å². The first kappa shape index (κ1) is 14.4. The molecular weight excluding hydrogens is 282 g/mol. The molecule has 6 nitrogen and oxygen atoms in total. The fourth-order valence-electron chi connectivity index (χ4n) is 2.12. The maximum atomic E-state index is 12.1. The van der Waals surface area contributed by atoms with Gasteiger partial charge in [0.1, 0.15) is 0 Å². The van der Waals surface area contributed by atoms with Gasteiger partial charge in [-0.25, -0.2) is 0 Å². The largest absolute Gasteiger partial charge is 0.548 e. The van der Waals surface area contributed by atoms with Crippen molar-refractivity contribution in [3.05, 3.63) is 35.4 Å². The zero-order valence-corrected chi connectivity index (χ0v) is 11.5. The summed E-state index contributed by atoms with van der Waals surface area (Å²) in [6.07, 6.45) is 1.34. The maximum Gasteiger partial charge on any atom is 0.262 e. The third-order valence-corrected chi connectivity index (χ3v) is 3.90. The molecule has 0 aliphatic carbocycles. The van der Waals surface area contributed by atoms with Crippen molar-refractivity contribution in [1.29, 1.82) is 0 Å². The first-order chi connectivity index (χ1) is 9.43. The fourth-order valence-corrected chi connectivity index (χ4v) is 2.68. The Labute approximate surface area is 117 Å². The Balaban J connectivity index is 2.32. The van der Waals surface area contributed by atoms with Crippen molar-refractivity contribution >= 4 is 28.6 Å². The molecule has 0 saturated heterocycles. The van der Waals surface area contributed by atoms with Crippen LogP contribution in [0.15, 0.2) is 24.3 Å². The molecule has 0 bridgehead atoms. The highest BCUT2D eigenvalue weighted by molar-refractivity contribution is 7.84. The predicted octanol–water partition coefficient (Wildman–Crippen LogP) is -0.830. The molecule has 20 heavy (non-hydrogen) atoms. The molecule has 1 heterocycles. The van der Waals surface area contributed by atoms with E-state index in [2.05, 4.69) is 0 Å². The predicted molar refractivity (Wildman–Crippen MR) is 69.3 cm³/mol. The van der Waals surface area contributed by atoms with Crippen LogP contribution in [0.1, 0.15) is 27.1 Å². The van der Waals surface area contributed by atoms with Crippen LogP contribution < -0.4 is 5.11 Å². The van der Waals surface area contributed by atoms with E-state index in [0.717, 1.165) is 0 Å². The molecule has 0 radical (unpaired) electrons. The molecule has 106 valence electrons.